The van der Waals surface area contributed by atoms with E-state index in [1.165, 1.54) is 12.1 Å². The van der Waals surface area contributed by atoms with Crippen LogP contribution in [-0.2, 0) is 4.74 Å². The molecule has 0 unspecified atom stereocenters. The first-order chi connectivity index (χ1) is 12.3. The molecule has 1 saturated heterocycles. The van der Waals surface area contributed by atoms with Gasteiger partial charge in [0.15, 0.2) is 0 Å². The van der Waals surface area contributed by atoms with Crippen LogP contribution in [0.3, 0.4) is 0 Å². The Bertz CT molecular complexity index is 684. The SMILES string of the molecule is CCOC(=O)N1CCC(NC(=O)c2cc([N+](=O)[O-])ccc2N(C)C)CC1. The first-order valence-electron chi connectivity index (χ1n) is 8.51. The minimum atomic E-state index is -0.520. The van der Waals surface area contributed by atoms with Crippen molar-refractivity contribution in [3.05, 3.63) is 33.9 Å². The molecular formula is C17H24N4O5. The average molecular weight is 364 g/mol. The van der Waals surface area contributed by atoms with Crippen LogP contribution in [0, 0.1) is 10.1 Å². The molecule has 0 atom stereocenters. The first kappa shape index (κ1) is 19.5. The van der Waals surface area contributed by atoms with Gasteiger partial charge in [0.25, 0.3) is 11.6 Å². The van der Waals surface area contributed by atoms with E-state index < -0.39 is 4.92 Å². The highest BCUT2D eigenvalue weighted by atomic mass is 16.6. The predicted octanol–water partition coefficient (Wildman–Crippen LogP) is 2.01. The Hall–Kier alpha value is -2.84. The summed E-state index contributed by atoms with van der Waals surface area (Å²) in [5, 5.41) is 13.9. The fourth-order valence-corrected chi connectivity index (χ4v) is 2.89. The molecule has 0 bridgehead atoms. The molecule has 1 fully saturated rings. The largest absolute Gasteiger partial charge is 0.450 e. The highest BCUT2D eigenvalue weighted by Gasteiger charge is 2.26. The molecule has 0 saturated carbocycles. The lowest BCUT2D eigenvalue weighted by Crippen LogP contribution is -2.46. The van der Waals surface area contributed by atoms with Crippen LogP contribution in [0.1, 0.15) is 30.1 Å². The Morgan fingerprint density at radius 3 is 2.54 bits per heavy atom. The van der Waals surface area contributed by atoms with E-state index in [9.17, 15) is 19.7 Å². The summed E-state index contributed by atoms with van der Waals surface area (Å²) in [4.78, 5) is 38.2. The molecule has 9 nitrogen and oxygen atoms in total. The molecule has 0 radical (unpaired) electrons. The van der Waals surface area contributed by atoms with Crippen molar-refractivity contribution in [1.82, 2.24) is 10.2 Å². The van der Waals surface area contributed by atoms with E-state index >= 15 is 0 Å². The lowest BCUT2D eigenvalue weighted by molar-refractivity contribution is -0.384. The number of nitrogens with one attached hydrogen (secondary N) is 1. The van der Waals surface area contributed by atoms with E-state index in [-0.39, 0.29) is 29.3 Å². The van der Waals surface area contributed by atoms with Crippen molar-refractivity contribution < 1.29 is 19.2 Å². The van der Waals surface area contributed by atoms with Crippen molar-refractivity contribution in [3.63, 3.8) is 0 Å². The topological polar surface area (TPSA) is 105 Å². The summed E-state index contributed by atoms with van der Waals surface area (Å²) in [5.74, 6) is -0.355. The molecule has 26 heavy (non-hydrogen) atoms. The van der Waals surface area contributed by atoms with Gasteiger partial charge in [-0.3, -0.25) is 14.9 Å². The van der Waals surface area contributed by atoms with Crippen molar-refractivity contribution in [3.8, 4) is 0 Å². The number of hydrogen-bond acceptors (Lipinski definition) is 6. The highest BCUT2D eigenvalue weighted by Crippen LogP contribution is 2.24. The molecule has 1 N–H and O–H groups in total. The molecule has 1 aromatic carbocycles. The molecule has 2 rings (SSSR count). The smallest absolute Gasteiger partial charge is 0.409 e. The Labute approximate surface area is 152 Å². The second-order valence-electron chi connectivity index (χ2n) is 6.29. The van der Waals surface area contributed by atoms with Crippen molar-refractivity contribution in [2.24, 2.45) is 0 Å². The van der Waals surface area contributed by atoms with Crippen molar-refractivity contribution >= 4 is 23.4 Å². The molecule has 2 amide bonds. The molecule has 1 aromatic rings. The minimum absolute atomic E-state index is 0.0950. The van der Waals surface area contributed by atoms with Crippen LogP contribution < -0.4 is 10.2 Å². The zero-order valence-corrected chi connectivity index (χ0v) is 15.2. The number of carbonyl (C=O) groups excluding carboxylic acids is 2. The number of carbonyl (C=O) groups is 2. The summed E-state index contributed by atoms with van der Waals surface area (Å²) in [7, 11) is 3.55. The number of rotatable bonds is 5. The number of benzene rings is 1. The zero-order valence-electron chi connectivity index (χ0n) is 15.2. The summed E-state index contributed by atoms with van der Waals surface area (Å²) >= 11 is 0. The van der Waals surface area contributed by atoms with Crippen LogP contribution in [0.5, 0.6) is 0 Å². The second kappa shape index (κ2) is 8.50. The van der Waals surface area contributed by atoms with Crippen LogP contribution in [0.4, 0.5) is 16.2 Å². The van der Waals surface area contributed by atoms with E-state index in [0.29, 0.717) is 38.2 Å². The van der Waals surface area contributed by atoms with E-state index in [1.54, 1.807) is 36.9 Å². The fraction of sp³-hybridized carbons (Fsp3) is 0.529. The first-order valence-corrected chi connectivity index (χ1v) is 8.51. The van der Waals surface area contributed by atoms with Crippen LogP contribution in [-0.4, -0.2) is 61.7 Å². The van der Waals surface area contributed by atoms with E-state index in [1.807, 2.05) is 0 Å². The number of ether oxygens (including phenoxy) is 1. The molecule has 0 aliphatic carbocycles. The van der Waals surface area contributed by atoms with Gasteiger partial charge in [-0.05, 0) is 25.8 Å². The van der Waals surface area contributed by atoms with Gasteiger partial charge >= 0.3 is 6.09 Å². The van der Waals surface area contributed by atoms with Gasteiger partial charge in [-0.1, -0.05) is 0 Å². The fourth-order valence-electron chi connectivity index (χ4n) is 2.89. The van der Waals surface area contributed by atoms with Gasteiger partial charge in [0.05, 0.1) is 17.1 Å². The third-order valence-corrected chi connectivity index (χ3v) is 4.27. The van der Waals surface area contributed by atoms with Gasteiger partial charge in [-0.25, -0.2) is 4.79 Å². The molecule has 142 valence electrons. The number of hydrogen-bond donors (Lipinski definition) is 1. The van der Waals surface area contributed by atoms with Crippen molar-refractivity contribution in [2.45, 2.75) is 25.8 Å². The van der Waals surface area contributed by atoms with Gasteiger partial charge in [-0.15, -0.1) is 0 Å². The predicted molar refractivity (Wildman–Crippen MR) is 96.5 cm³/mol. The van der Waals surface area contributed by atoms with Crippen LogP contribution in [0.2, 0.25) is 0 Å². The molecule has 0 aromatic heterocycles. The normalized spacial score (nSPS) is 14.7. The monoisotopic (exact) mass is 364 g/mol. The third kappa shape index (κ3) is 4.62. The highest BCUT2D eigenvalue weighted by molar-refractivity contribution is 6.00. The quantitative estimate of drug-likeness (QED) is 0.633. The Morgan fingerprint density at radius 2 is 2.00 bits per heavy atom. The van der Waals surface area contributed by atoms with Crippen LogP contribution in [0.15, 0.2) is 18.2 Å². The maximum absolute atomic E-state index is 12.7. The number of anilines is 1. The summed E-state index contributed by atoms with van der Waals surface area (Å²) in [6, 6.07) is 4.14. The lowest BCUT2D eigenvalue weighted by Gasteiger charge is -2.31. The summed E-state index contributed by atoms with van der Waals surface area (Å²) in [5.41, 5.74) is 0.743. The van der Waals surface area contributed by atoms with Gasteiger partial charge < -0.3 is 19.9 Å². The van der Waals surface area contributed by atoms with Gasteiger partial charge in [0, 0.05) is 51.0 Å². The Balaban J connectivity index is 2.05. The maximum atomic E-state index is 12.7. The van der Waals surface area contributed by atoms with Gasteiger partial charge in [0.2, 0.25) is 0 Å². The molecule has 1 aliphatic heterocycles. The number of nitro groups is 1. The van der Waals surface area contributed by atoms with E-state index in [4.69, 9.17) is 4.74 Å². The number of likely N-dealkylation sites (tertiary alicyclic amines) is 1. The van der Waals surface area contributed by atoms with Crippen molar-refractivity contribution in [1.29, 1.82) is 0 Å². The molecule has 9 heteroatoms. The lowest BCUT2D eigenvalue weighted by atomic mass is 10.0. The average Bonchev–Trinajstić information content (AvgIpc) is 2.61. The maximum Gasteiger partial charge on any atom is 0.409 e. The standard InChI is InChI=1S/C17H24N4O5/c1-4-26-17(23)20-9-7-12(8-10-20)18-16(22)14-11-13(21(24)25)5-6-15(14)19(2)3/h5-6,11-12H,4,7-10H2,1-3H3,(H,18,22). The number of nitro benzene ring substituents is 1. The molecule has 1 aliphatic rings. The number of non-ortho nitro benzene ring substituents is 1. The summed E-state index contributed by atoms with van der Waals surface area (Å²) in [6.07, 6.45) is 0.874. The summed E-state index contributed by atoms with van der Waals surface area (Å²) in [6.45, 7) is 3.08. The van der Waals surface area contributed by atoms with Crippen LogP contribution in [0.25, 0.3) is 0 Å². The number of nitrogens with zero attached hydrogens (tertiary/aromatic N) is 3. The van der Waals surface area contributed by atoms with Crippen LogP contribution >= 0.6 is 0 Å². The second-order valence-corrected chi connectivity index (χ2v) is 6.29. The number of piperidine rings is 1. The molecular weight excluding hydrogens is 340 g/mol. The number of amides is 2. The van der Waals surface area contributed by atoms with Crippen molar-refractivity contribution in [2.75, 3.05) is 38.7 Å². The van der Waals surface area contributed by atoms with Gasteiger partial charge in [0.1, 0.15) is 0 Å². The Kier molecular flexibility index (Phi) is 6.37. The minimum Gasteiger partial charge on any atom is -0.450 e. The Morgan fingerprint density at radius 1 is 1.35 bits per heavy atom. The van der Waals surface area contributed by atoms with Gasteiger partial charge in [-0.2, -0.15) is 0 Å². The molecule has 0 spiro atoms. The van der Waals surface area contributed by atoms with E-state index in [2.05, 4.69) is 5.32 Å². The third-order valence-electron chi connectivity index (χ3n) is 4.27. The molecule has 1 heterocycles. The summed E-state index contributed by atoms with van der Waals surface area (Å²) < 4.78 is 4.97. The zero-order chi connectivity index (χ0) is 19.3. The van der Waals surface area contributed by atoms with E-state index in [0.717, 1.165) is 0 Å².